The number of rotatable bonds is 3. The lowest BCUT2D eigenvalue weighted by molar-refractivity contribution is -0.140. The van der Waals surface area contributed by atoms with Crippen LogP contribution in [0.4, 0.5) is 0 Å². The number of hydrogen-bond donors (Lipinski definition) is 2. The van der Waals surface area contributed by atoms with E-state index in [-0.39, 0.29) is 11.4 Å². The standard InChI is InChI=1S/C32H38N4O2/c1-16-17(2)26-14-29-32(7,8)15-28(35-29)21(6)31-19(4)18(3)24(36-31)12-25-20(5)22(10-11-30(37)38-9)27(34-25)13-23(16)33-26/h12-14,33-34H,10-11,15H2,1-9H3. The van der Waals surface area contributed by atoms with Crippen LogP contribution in [0.5, 0.6) is 0 Å². The van der Waals surface area contributed by atoms with Gasteiger partial charge in [0.15, 0.2) is 0 Å². The first-order valence-electron chi connectivity index (χ1n) is 13.4. The number of esters is 1. The van der Waals surface area contributed by atoms with Crippen molar-refractivity contribution >= 4 is 39.2 Å². The van der Waals surface area contributed by atoms with E-state index in [0.29, 0.717) is 12.8 Å². The quantitative estimate of drug-likeness (QED) is 0.367. The minimum atomic E-state index is -0.208. The molecule has 0 radical (unpaired) electrons. The fraction of sp³-hybridized carbons (Fsp3) is 0.406. The molecule has 5 heterocycles. The smallest absolute Gasteiger partial charge is 0.305 e. The van der Waals surface area contributed by atoms with Crippen LogP contribution in [0.15, 0.2) is 18.2 Å². The SMILES string of the molecule is COC(=O)CCc1c(C)c2cc3nc(c(C)c4nc(cc5[nH]c(cc1[nH]2)c(C)c5C)C(C)(C)C4)C(C)=C3C. The molecule has 0 amide bonds. The lowest BCUT2D eigenvalue weighted by Crippen LogP contribution is -2.15. The zero-order valence-electron chi connectivity index (χ0n) is 24.1. The lowest BCUT2D eigenvalue weighted by Gasteiger charge is -2.16. The van der Waals surface area contributed by atoms with E-state index in [1.807, 2.05) is 0 Å². The van der Waals surface area contributed by atoms with E-state index in [9.17, 15) is 4.79 Å². The molecule has 3 aromatic rings. The molecule has 0 unspecified atom stereocenters. The minimum absolute atomic E-state index is 0.0729. The van der Waals surface area contributed by atoms with E-state index >= 15 is 0 Å². The molecule has 3 aromatic heterocycles. The normalized spacial score (nSPS) is 14.8. The molecule has 0 saturated carbocycles. The van der Waals surface area contributed by atoms with E-state index in [0.717, 1.165) is 68.0 Å². The number of aromatic nitrogens is 4. The molecule has 6 nitrogen and oxygen atoms in total. The molecule has 6 heteroatoms. The van der Waals surface area contributed by atoms with Crippen LogP contribution in [0.25, 0.3) is 33.2 Å². The summed E-state index contributed by atoms with van der Waals surface area (Å²) in [5.74, 6) is -0.208. The molecule has 0 saturated heterocycles. The van der Waals surface area contributed by atoms with Gasteiger partial charge < -0.3 is 14.7 Å². The molecule has 0 aliphatic carbocycles. The fourth-order valence-electron chi connectivity index (χ4n) is 5.63. The average Bonchev–Trinajstić information content (AvgIpc) is 3.52. The molecular weight excluding hydrogens is 472 g/mol. The summed E-state index contributed by atoms with van der Waals surface area (Å²) in [6, 6.07) is 6.52. The van der Waals surface area contributed by atoms with Crippen molar-refractivity contribution in [2.24, 2.45) is 0 Å². The molecule has 0 atom stereocenters. The highest BCUT2D eigenvalue weighted by Crippen LogP contribution is 2.37. The van der Waals surface area contributed by atoms with Crippen LogP contribution in [0, 0.1) is 27.7 Å². The van der Waals surface area contributed by atoms with Crippen molar-refractivity contribution in [3.05, 3.63) is 68.8 Å². The maximum absolute atomic E-state index is 12.0. The number of ether oxygens (including phenoxy) is 1. The van der Waals surface area contributed by atoms with E-state index in [1.165, 1.54) is 29.4 Å². The van der Waals surface area contributed by atoms with Gasteiger partial charge in [0.1, 0.15) is 0 Å². The number of nitrogens with zero attached hydrogens (tertiary/aromatic N) is 2. The third-order valence-corrected chi connectivity index (χ3v) is 8.63. The Morgan fingerprint density at radius 1 is 0.842 bits per heavy atom. The zero-order chi connectivity index (χ0) is 27.5. The number of aryl methyl sites for hydroxylation is 4. The van der Waals surface area contributed by atoms with E-state index in [1.54, 1.807) is 0 Å². The number of carbonyl (C=O) groups excluding carboxylic acids is 1. The van der Waals surface area contributed by atoms with Crippen molar-refractivity contribution < 1.29 is 9.53 Å². The molecule has 0 aromatic carbocycles. The number of fused-ring (bicyclic) bond motifs is 8. The second kappa shape index (κ2) is 9.26. The molecule has 5 rings (SSSR count). The second-order valence-electron chi connectivity index (χ2n) is 11.5. The number of hydrogen-bond acceptors (Lipinski definition) is 4. The molecule has 2 N–H and O–H groups in total. The van der Waals surface area contributed by atoms with Gasteiger partial charge in [0.25, 0.3) is 0 Å². The molecule has 38 heavy (non-hydrogen) atoms. The highest BCUT2D eigenvalue weighted by molar-refractivity contribution is 5.92. The Balaban J connectivity index is 1.92. The van der Waals surface area contributed by atoms with Gasteiger partial charge in [-0.05, 0) is 105 Å². The van der Waals surface area contributed by atoms with Crippen LogP contribution >= 0.6 is 0 Å². The summed E-state index contributed by atoms with van der Waals surface area (Å²) in [6.45, 7) is 17.4. The van der Waals surface area contributed by atoms with Crippen LogP contribution in [0.2, 0.25) is 0 Å². The van der Waals surface area contributed by atoms with Crippen molar-refractivity contribution in [2.45, 2.75) is 80.1 Å². The third kappa shape index (κ3) is 4.26. The topological polar surface area (TPSA) is 83.7 Å². The van der Waals surface area contributed by atoms with Crippen LogP contribution in [-0.2, 0) is 27.8 Å². The van der Waals surface area contributed by atoms with Gasteiger partial charge in [0.05, 0.1) is 18.5 Å². The first kappa shape index (κ1) is 26.0. The van der Waals surface area contributed by atoms with Gasteiger partial charge in [-0.25, -0.2) is 4.98 Å². The van der Waals surface area contributed by atoms with Crippen molar-refractivity contribution in [1.29, 1.82) is 0 Å². The number of carbonyl (C=O) groups is 1. The summed E-state index contributed by atoms with van der Waals surface area (Å²) in [7, 11) is 1.44. The Kier molecular flexibility index (Phi) is 6.33. The van der Waals surface area contributed by atoms with Gasteiger partial charge in [-0.3, -0.25) is 9.78 Å². The largest absolute Gasteiger partial charge is 0.469 e. The lowest BCUT2D eigenvalue weighted by atomic mass is 9.86. The van der Waals surface area contributed by atoms with Crippen LogP contribution in [0.1, 0.15) is 84.7 Å². The zero-order valence-corrected chi connectivity index (χ0v) is 24.1. The average molecular weight is 511 g/mol. The Morgan fingerprint density at radius 2 is 1.47 bits per heavy atom. The van der Waals surface area contributed by atoms with E-state index in [4.69, 9.17) is 14.7 Å². The maximum atomic E-state index is 12.0. The number of nitrogens with one attached hydrogen (secondary N) is 2. The Hall–Kier alpha value is -3.67. The Labute approximate surface area is 224 Å². The van der Waals surface area contributed by atoms with Gasteiger partial charge in [-0.1, -0.05) is 13.8 Å². The first-order valence-corrected chi connectivity index (χ1v) is 13.4. The number of H-pyrrole nitrogens is 2. The molecule has 0 fully saturated rings. The fourth-order valence-corrected chi connectivity index (χ4v) is 5.63. The summed E-state index contributed by atoms with van der Waals surface area (Å²) in [5, 5.41) is 0. The van der Waals surface area contributed by atoms with Crippen LogP contribution in [-0.4, -0.2) is 33.0 Å². The number of allylic oxidation sites excluding steroid dienone is 2. The Morgan fingerprint density at radius 3 is 2.16 bits per heavy atom. The summed E-state index contributed by atoms with van der Waals surface area (Å²) in [4.78, 5) is 29.6. The number of methoxy groups -OCH3 is 1. The maximum Gasteiger partial charge on any atom is 0.305 e. The second-order valence-corrected chi connectivity index (χ2v) is 11.5. The monoisotopic (exact) mass is 510 g/mol. The first-order chi connectivity index (χ1) is 17.9. The summed E-state index contributed by atoms with van der Waals surface area (Å²) in [6.07, 6.45) is 1.81. The van der Waals surface area contributed by atoms with Crippen LogP contribution < -0.4 is 0 Å². The van der Waals surface area contributed by atoms with E-state index in [2.05, 4.69) is 83.6 Å². The van der Waals surface area contributed by atoms with Gasteiger partial charge in [-0.2, -0.15) is 0 Å². The summed E-state index contributed by atoms with van der Waals surface area (Å²) in [5.41, 5.74) is 16.4. The highest BCUT2D eigenvalue weighted by Gasteiger charge is 2.30. The Bertz CT molecular complexity index is 1680. The van der Waals surface area contributed by atoms with Crippen molar-refractivity contribution in [2.75, 3.05) is 7.11 Å². The minimum Gasteiger partial charge on any atom is -0.469 e. The molecular formula is C32H38N4O2. The van der Waals surface area contributed by atoms with E-state index < -0.39 is 0 Å². The molecule has 198 valence electrons. The molecule has 2 aliphatic heterocycles. The van der Waals surface area contributed by atoms with Gasteiger partial charge in [0, 0.05) is 51.7 Å². The molecule has 0 spiro atoms. The summed E-state index contributed by atoms with van der Waals surface area (Å²) >= 11 is 0. The molecule has 2 aliphatic rings. The predicted octanol–water partition coefficient (Wildman–Crippen LogP) is 7.12. The van der Waals surface area contributed by atoms with Crippen molar-refractivity contribution in [3.8, 4) is 0 Å². The molecule has 8 bridgehead atoms. The van der Waals surface area contributed by atoms with Crippen molar-refractivity contribution in [3.63, 3.8) is 0 Å². The van der Waals surface area contributed by atoms with Gasteiger partial charge in [-0.15, -0.1) is 0 Å². The van der Waals surface area contributed by atoms with Gasteiger partial charge >= 0.3 is 5.97 Å². The van der Waals surface area contributed by atoms with Gasteiger partial charge in [0.2, 0.25) is 0 Å². The predicted molar refractivity (Wildman–Crippen MR) is 155 cm³/mol. The number of aromatic amines is 2. The summed E-state index contributed by atoms with van der Waals surface area (Å²) < 4.78 is 4.94. The van der Waals surface area contributed by atoms with Crippen molar-refractivity contribution in [1.82, 2.24) is 19.9 Å². The third-order valence-electron chi connectivity index (χ3n) is 8.63. The van der Waals surface area contributed by atoms with Crippen LogP contribution in [0.3, 0.4) is 0 Å². The highest BCUT2D eigenvalue weighted by atomic mass is 16.5.